The first-order chi connectivity index (χ1) is 2.00. The van der Waals surface area contributed by atoms with Gasteiger partial charge in [0.05, 0.1) is 0 Å². The smallest absolute Gasteiger partial charge is 0.303 e. The van der Waals surface area contributed by atoms with Crippen molar-refractivity contribution in [3.8, 4) is 0 Å². The molecule has 0 unspecified atom stereocenters. The van der Waals surface area contributed by atoms with Crippen molar-refractivity contribution in [1.82, 2.24) is 0 Å². The van der Waals surface area contributed by atoms with Gasteiger partial charge in [-0.05, 0) is 0 Å². The van der Waals surface area contributed by atoms with Crippen molar-refractivity contribution in [2.45, 2.75) is 0 Å². The van der Waals surface area contributed by atoms with E-state index in [1.54, 1.807) is 0 Å². The van der Waals surface area contributed by atoms with Crippen molar-refractivity contribution in [2.24, 2.45) is 0 Å². The maximum atomic E-state index is 8.88. The Morgan fingerprint density at radius 2 is 1.14 bits per heavy atom. The van der Waals surface area contributed by atoms with Crippen LogP contribution in [0.5, 0.6) is 0 Å². The fraction of sp³-hybridized carbons (Fsp3) is 0. The van der Waals surface area contributed by atoms with Crippen LogP contribution in [0.2, 0.25) is 0 Å². The van der Waals surface area contributed by atoms with Gasteiger partial charge in [-0.2, -0.15) is 0 Å². The van der Waals surface area contributed by atoms with Gasteiger partial charge < -0.3 is 14.7 Å². The monoisotopic (exact) mass is 164 g/mol. The van der Waals surface area contributed by atoms with Gasteiger partial charge in [0.25, 0.3) is 0 Å². The molecular weight excluding hydrogens is 161 g/mol. The summed E-state index contributed by atoms with van der Waals surface area (Å²) in [5.74, 6) is 0. The third kappa shape index (κ3) is 306. The third-order valence-corrected chi connectivity index (χ3v) is 0. The van der Waals surface area contributed by atoms with Crippen molar-refractivity contribution in [3.05, 3.63) is 0 Å². The molecule has 7 heavy (non-hydrogen) atoms. The van der Waals surface area contributed by atoms with E-state index in [0.29, 0.717) is 0 Å². The molecular formula is H3BMnO4P. The summed E-state index contributed by atoms with van der Waals surface area (Å²) in [5.41, 5.74) is 0. The van der Waals surface area contributed by atoms with Crippen molar-refractivity contribution in [2.75, 3.05) is 0 Å². The second kappa shape index (κ2) is 4.84. The van der Waals surface area contributed by atoms with Gasteiger partial charge in [-0.25, -0.2) is 4.57 Å². The van der Waals surface area contributed by atoms with E-state index in [1.807, 2.05) is 0 Å². The van der Waals surface area contributed by atoms with Crippen LogP contribution in [-0.2, 0) is 21.6 Å². The van der Waals surface area contributed by atoms with Crippen LogP contribution in [0, 0.1) is 0 Å². The fourth-order valence-corrected chi connectivity index (χ4v) is 0. The molecule has 0 heterocycles. The minimum atomic E-state index is -4.64. The van der Waals surface area contributed by atoms with Crippen LogP contribution >= 0.6 is 7.82 Å². The molecule has 0 rings (SSSR count). The van der Waals surface area contributed by atoms with Crippen LogP contribution in [-0.4, -0.2) is 23.1 Å². The number of hydrogen-bond donors (Lipinski definition) is 3. The molecule has 42 valence electrons. The molecule has 0 aliphatic heterocycles. The molecule has 7 heteroatoms. The molecule has 0 aromatic heterocycles. The van der Waals surface area contributed by atoms with Gasteiger partial charge in [-0.1, -0.05) is 0 Å². The van der Waals surface area contributed by atoms with Crippen LogP contribution < -0.4 is 0 Å². The Balaban J connectivity index is -0.0000000800. The van der Waals surface area contributed by atoms with E-state index in [1.165, 1.54) is 0 Å². The summed E-state index contributed by atoms with van der Waals surface area (Å²) < 4.78 is 8.88. The summed E-state index contributed by atoms with van der Waals surface area (Å²) in [7, 11) is -4.64. The van der Waals surface area contributed by atoms with Crippen LogP contribution in [0.1, 0.15) is 0 Å². The normalized spacial score (nSPS) is 8.43. The van der Waals surface area contributed by atoms with E-state index in [-0.39, 0.29) is 25.5 Å². The zero-order chi connectivity index (χ0) is 4.50. The van der Waals surface area contributed by atoms with Gasteiger partial charge in [0.2, 0.25) is 0 Å². The van der Waals surface area contributed by atoms with Crippen molar-refractivity contribution in [1.29, 1.82) is 0 Å². The molecule has 0 spiro atoms. The Morgan fingerprint density at radius 3 is 1.14 bits per heavy atom. The number of rotatable bonds is 0. The van der Waals surface area contributed by atoms with E-state index in [2.05, 4.69) is 0 Å². The molecule has 0 saturated carbocycles. The van der Waals surface area contributed by atoms with Crippen molar-refractivity contribution < 1.29 is 36.3 Å². The first kappa shape index (κ1) is 15.6. The Hall–Kier alpha value is 0.694. The van der Waals surface area contributed by atoms with E-state index in [4.69, 9.17) is 19.2 Å². The molecule has 0 aromatic rings. The van der Waals surface area contributed by atoms with Gasteiger partial charge in [0.1, 0.15) is 0 Å². The van der Waals surface area contributed by atoms with E-state index < -0.39 is 7.82 Å². The van der Waals surface area contributed by atoms with E-state index in [0.717, 1.165) is 0 Å². The molecule has 3 N–H and O–H groups in total. The Bertz CT molecular complexity index is 57.8. The molecule has 0 amide bonds. The third-order valence-electron chi connectivity index (χ3n) is 0. The SMILES string of the molecule is O=P(O)(O)O.[B].[Mn]. The second-order valence-corrected chi connectivity index (χ2v) is 1.54. The minimum Gasteiger partial charge on any atom is -0.303 e. The molecule has 0 saturated heterocycles. The zero-order valence-corrected chi connectivity index (χ0v) is 5.23. The van der Waals surface area contributed by atoms with E-state index in [9.17, 15) is 0 Å². The maximum absolute atomic E-state index is 8.88. The molecule has 0 aliphatic rings. The first-order valence-corrected chi connectivity index (χ1v) is 2.35. The zero-order valence-electron chi connectivity index (χ0n) is 3.15. The predicted molar refractivity (Wildman–Crippen MR) is 20.0 cm³/mol. The largest absolute Gasteiger partial charge is 0.466 e. The standard InChI is InChI=1S/B.Mn.H3O4P/c;;1-5(2,3)4/h;;(H3,1,2,3,4). The predicted octanol–water partition coefficient (Wildman–Crippen LogP) is -1.31. The fourth-order valence-electron chi connectivity index (χ4n) is 0. The molecule has 0 aromatic carbocycles. The Kier molecular flexibility index (Phi) is 10.8. The molecule has 0 bridgehead atoms. The number of hydrogen-bond acceptors (Lipinski definition) is 1. The molecule has 4 nitrogen and oxygen atoms in total. The minimum absolute atomic E-state index is 0. The summed E-state index contributed by atoms with van der Waals surface area (Å²) in [6.45, 7) is 0. The van der Waals surface area contributed by atoms with Crippen LogP contribution in [0.4, 0.5) is 0 Å². The summed E-state index contributed by atoms with van der Waals surface area (Å²) in [5, 5.41) is 0. The van der Waals surface area contributed by atoms with Crippen LogP contribution in [0.15, 0.2) is 0 Å². The summed E-state index contributed by atoms with van der Waals surface area (Å²) in [6, 6.07) is 0. The molecule has 0 atom stereocenters. The Morgan fingerprint density at radius 1 is 1.14 bits per heavy atom. The van der Waals surface area contributed by atoms with Gasteiger partial charge in [-0.3, -0.25) is 0 Å². The van der Waals surface area contributed by atoms with Crippen LogP contribution in [0.3, 0.4) is 0 Å². The molecule has 0 fully saturated rings. The van der Waals surface area contributed by atoms with Crippen molar-refractivity contribution >= 4 is 16.2 Å². The Labute approximate surface area is 53.2 Å². The maximum Gasteiger partial charge on any atom is 0.466 e. The molecule has 0 aliphatic carbocycles. The van der Waals surface area contributed by atoms with E-state index >= 15 is 0 Å². The summed E-state index contributed by atoms with van der Waals surface area (Å²) in [4.78, 5) is 21.6. The first-order valence-electron chi connectivity index (χ1n) is 0.783. The van der Waals surface area contributed by atoms with Gasteiger partial charge in [-0.15, -0.1) is 0 Å². The van der Waals surface area contributed by atoms with Gasteiger partial charge in [0, 0.05) is 25.5 Å². The molecule has 4 radical (unpaired) electrons. The van der Waals surface area contributed by atoms with Crippen LogP contribution in [0.25, 0.3) is 0 Å². The summed E-state index contributed by atoms with van der Waals surface area (Å²) >= 11 is 0. The topological polar surface area (TPSA) is 77.8 Å². The average Bonchev–Trinajstić information content (AvgIpc) is 0.722. The summed E-state index contributed by atoms with van der Waals surface area (Å²) in [6.07, 6.45) is 0. The van der Waals surface area contributed by atoms with Crippen molar-refractivity contribution in [3.63, 3.8) is 0 Å². The van der Waals surface area contributed by atoms with Gasteiger partial charge in [0.15, 0.2) is 0 Å². The van der Waals surface area contributed by atoms with Gasteiger partial charge >= 0.3 is 7.82 Å². The quantitative estimate of drug-likeness (QED) is 0.306. The second-order valence-electron chi connectivity index (χ2n) is 0.513. The average molecular weight is 164 g/mol. The number of phosphoric acid groups is 1.